The van der Waals surface area contributed by atoms with Crippen molar-refractivity contribution in [3.05, 3.63) is 64.5 Å². The number of fused-ring (bicyclic) bond motifs is 1. The lowest BCUT2D eigenvalue weighted by atomic mass is 10.2. The fourth-order valence-corrected chi connectivity index (χ4v) is 4.15. The molecule has 0 amide bonds. The Balaban J connectivity index is 2.11. The highest BCUT2D eigenvalue weighted by Gasteiger charge is 2.15. The predicted octanol–water partition coefficient (Wildman–Crippen LogP) is 5.43. The molecule has 0 radical (unpaired) electrons. The van der Waals surface area contributed by atoms with Gasteiger partial charge < -0.3 is 0 Å². The molecule has 3 rings (SSSR count). The summed E-state index contributed by atoms with van der Waals surface area (Å²) in [6.45, 7) is 1.59. The van der Waals surface area contributed by atoms with Crippen LogP contribution in [0.15, 0.2) is 53.9 Å². The molecule has 1 aromatic heterocycles. The molecule has 1 nitrogen and oxygen atoms in total. The molecule has 0 aliphatic carbocycles. The molecule has 0 spiro atoms. The van der Waals surface area contributed by atoms with Crippen molar-refractivity contribution in [3.8, 4) is 4.90 Å². The average molecular weight is 288 g/mol. The van der Waals surface area contributed by atoms with E-state index in [1.165, 1.54) is 15.0 Å². The summed E-state index contributed by atoms with van der Waals surface area (Å²) in [4.78, 5) is 12.5. The standard InChI is InChI=1S/C16H12ClOS/c1-11(18)12-2-5-15(6-3-12)19-9-8-13-10-14(17)4-7-16(13)19/h2-10H,1H3/q+1. The van der Waals surface area contributed by atoms with Gasteiger partial charge >= 0.3 is 0 Å². The van der Waals surface area contributed by atoms with E-state index in [4.69, 9.17) is 11.6 Å². The Labute approximate surface area is 119 Å². The van der Waals surface area contributed by atoms with Gasteiger partial charge in [-0.2, -0.15) is 0 Å². The number of hydrogen-bond donors (Lipinski definition) is 0. The van der Waals surface area contributed by atoms with E-state index in [1.807, 2.05) is 36.4 Å². The molecule has 3 heteroatoms. The Bertz CT molecular complexity index is 756. The van der Waals surface area contributed by atoms with Crippen LogP contribution in [0.25, 0.3) is 15.0 Å². The van der Waals surface area contributed by atoms with E-state index in [0.29, 0.717) is 0 Å². The van der Waals surface area contributed by atoms with Gasteiger partial charge in [-0.15, -0.1) is 0 Å². The third-order valence-electron chi connectivity index (χ3n) is 3.11. The number of carbonyl (C=O) groups is 1. The van der Waals surface area contributed by atoms with Crippen LogP contribution in [0.3, 0.4) is 0 Å². The van der Waals surface area contributed by atoms with Gasteiger partial charge in [0.1, 0.15) is 5.38 Å². The molecule has 19 heavy (non-hydrogen) atoms. The van der Waals surface area contributed by atoms with E-state index in [1.54, 1.807) is 6.92 Å². The van der Waals surface area contributed by atoms with Crippen LogP contribution in [-0.4, -0.2) is 5.78 Å². The second kappa shape index (κ2) is 4.80. The summed E-state index contributed by atoms with van der Waals surface area (Å²) in [5, 5.41) is 4.15. The minimum atomic E-state index is -0.0459. The van der Waals surface area contributed by atoms with Gasteiger partial charge in [-0.3, -0.25) is 4.79 Å². The van der Waals surface area contributed by atoms with Crippen molar-refractivity contribution in [1.82, 2.24) is 0 Å². The van der Waals surface area contributed by atoms with Crippen molar-refractivity contribution >= 4 is 37.9 Å². The van der Waals surface area contributed by atoms with Crippen LogP contribution in [-0.2, 0) is 0 Å². The fraction of sp³-hybridized carbons (Fsp3) is 0.0625. The van der Waals surface area contributed by atoms with Crippen LogP contribution in [0.2, 0.25) is 5.02 Å². The Morgan fingerprint density at radius 1 is 1.05 bits per heavy atom. The predicted molar refractivity (Wildman–Crippen MR) is 82.8 cm³/mol. The van der Waals surface area contributed by atoms with Gasteiger partial charge in [-0.25, -0.2) is 0 Å². The summed E-state index contributed by atoms with van der Waals surface area (Å²) >= 11 is 6.00. The number of ketones is 1. The maximum atomic E-state index is 11.3. The highest BCUT2D eigenvalue weighted by molar-refractivity contribution is 7.43. The molecule has 0 aliphatic heterocycles. The fourth-order valence-electron chi connectivity index (χ4n) is 2.11. The lowest BCUT2D eigenvalue weighted by Gasteiger charge is -1.95. The highest BCUT2D eigenvalue weighted by atomic mass is 35.5. The Morgan fingerprint density at radius 3 is 2.47 bits per heavy atom. The van der Waals surface area contributed by atoms with Crippen LogP contribution < -0.4 is 0 Å². The largest absolute Gasteiger partial charge is 0.295 e. The molecule has 0 bridgehead atoms. The van der Waals surface area contributed by atoms with Crippen molar-refractivity contribution in [1.29, 1.82) is 0 Å². The van der Waals surface area contributed by atoms with E-state index < -0.39 is 0 Å². The molecule has 2 aromatic carbocycles. The molecule has 0 saturated heterocycles. The summed E-state index contributed by atoms with van der Waals surface area (Å²) in [6, 6.07) is 16.0. The first kappa shape index (κ1) is 12.4. The lowest BCUT2D eigenvalue weighted by Crippen LogP contribution is -1.89. The molecule has 94 valence electrons. The molecule has 0 N–H and O–H groups in total. The van der Waals surface area contributed by atoms with Gasteiger partial charge in [0, 0.05) is 38.6 Å². The Morgan fingerprint density at radius 2 is 1.79 bits per heavy atom. The smallest absolute Gasteiger partial charge is 0.186 e. The van der Waals surface area contributed by atoms with Gasteiger partial charge in [0.2, 0.25) is 0 Å². The Hall–Kier alpha value is -1.64. The highest BCUT2D eigenvalue weighted by Crippen LogP contribution is 2.40. The van der Waals surface area contributed by atoms with Gasteiger partial charge in [0.15, 0.2) is 15.4 Å². The van der Waals surface area contributed by atoms with E-state index in [-0.39, 0.29) is 16.3 Å². The third kappa shape index (κ3) is 2.29. The van der Waals surface area contributed by atoms with Crippen LogP contribution >= 0.6 is 22.1 Å². The molecule has 0 aliphatic rings. The summed E-state index contributed by atoms with van der Waals surface area (Å²) in [5.74, 6) is 0.101. The third-order valence-corrected chi connectivity index (χ3v) is 5.38. The monoisotopic (exact) mass is 287 g/mol. The first-order valence-corrected chi connectivity index (χ1v) is 7.63. The van der Waals surface area contributed by atoms with Crippen molar-refractivity contribution in [2.75, 3.05) is 0 Å². The number of thiophene rings is 1. The molecule has 0 saturated carbocycles. The molecular weight excluding hydrogens is 276 g/mol. The van der Waals surface area contributed by atoms with E-state index in [0.717, 1.165) is 10.6 Å². The van der Waals surface area contributed by atoms with Crippen molar-refractivity contribution in [2.24, 2.45) is 0 Å². The van der Waals surface area contributed by atoms with E-state index in [9.17, 15) is 4.79 Å². The summed E-state index contributed by atoms with van der Waals surface area (Å²) < 4.78 is 1.29. The quantitative estimate of drug-likeness (QED) is 0.453. The second-order valence-electron chi connectivity index (χ2n) is 4.40. The number of benzene rings is 2. The van der Waals surface area contributed by atoms with Gasteiger partial charge in [0.05, 0.1) is 0 Å². The molecule has 0 fully saturated rings. The van der Waals surface area contributed by atoms with E-state index in [2.05, 4.69) is 17.5 Å². The Kier molecular flexibility index (Phi) is 3.13. The second-order valence-corrected chi connectivity index (χ2v) is 6.70. The number of rotatable bonds is 2. The number of carbonyl (C=O) groups excluding carboxylic acids is 1. The zero-order chi connectivity index (χ0) is 13.4. The van der Waals surface area contributed by atoms with Crippen LogP contribution in [0, 0.1) is 0 Å². The SMILES string of the molecule is CC(=O)c1ccc(-[s+]2ccc3cc(Cl)ccc32)cc1. The summed E-state index contributed by atoms with van der Waals surface area (Å²) in [5.41, 5.74) is 0.756. The lowest BCUT2D eigenvalue weighted by molar-refractivity contribution is 0.101. The summed E-state index contributed by atoms with van der Waals surface area (Å²) in [7, 11) is -0.0459. The number of hydrogen-bond acceptors (Lipinski definition) is 1. The average Bonchev–Trinajstić information content (AvgIpc) is 2.81. The van der Waals surface area contributed by atoms with Gasteiger partial charge in [-0.1, -0.05) is 11.6 Å². The molecule has 1 heterocycles. The van der Waals surface area contributed by atoms with Crippen molar-refractivity contribution < 1.29 is 4.79 Å². The first-order chi connectivity index (χ1) is 9.15. The van der Waals surface area contributed by atoms with Gasteiger partial charge in [-0.05, 0) is 43.3 Å². The maximum Gasteiger partial charge on any atom is 0.186 e. The minimum absolute atomic E-state index is 0.0459. The minimum Gasteiger partial charge on any atom is -0.295 e. The molecule has 1 atom stereocenters. The maximum absolute atomic E-state index is 11.3. The molecular formula is C16H12ClOS+. The van der Waals surface area contributed by atoms with Crippen molar-refractivity contribution in [3.63, 3.8) is 0 Å². The van der Waals surface area contributed by atoms with E-state index >= 15 is 0 Å². The van der Waals surface area contributed by atoms with Gasteiger partial charge in [0.25, 0.3) is 0 Å². The van der Waals surface area contributed by atoms with Crippen LogP contribution in [0.5, 0.6) is 0 Å². The van der Waals surface area contributed by atoms with Crippen LogP contribution in [0.1, 0.15) is 17.3 Å². The number of Topliss-reactive ketones (excluding diaryl/α,β-unsaturated/α-hetero) is 1. The van der Waals surface area contributed by atoms with Crippen molar-refractivity contribution in [2.45, 2.75) is 6.92 Å². The first-order valence-electron chi connectivity index (χ1n) is 5.97. The topological polar surface area (TPSA) is 17.1 Å². The normalized spacial score (nSPS) is 11.8. The molecule has 1 unspecified atom stereocenters. The van der Waals surface area contributed by atoms with Crippen LogP contribution in [0.4, 0.5) is 0 Å². The zero-order valence-electron chi connectivity index (χ0n) is 10.4. The summed E-state index contributed by atoms with van der Waals surface area (Å²) in [6.07, 6.45) is 0. The molecule has 3 aromatic rings. The number of halogens is 1. The zero-order valence-corrected chi connectivity index (χ0v) is 12.0.